The number of rotatable bonds is 7. The standard InChI is InChI=1S/C13H22N2O4S/c1-4-6-8-14-10(16)13(18,19-3)11(17)15(12(14)20)9-7-5-2/h18H,4-9H2,1-3H3. The van der Waals surface area contributed by atoms with Crippen molar-refractivity contribution in [3.8, 4) is 0 Å². The van der Waals surface area contributed by atoms with E-state index in [1.807, 2.05) is 13.8 Å². The van der Waals surface area contributed by atoms with Crippen molar-refractivity contribution in [2.24, 2.45) is 0 Å². The maximum Gasteiger partial charge on any atom is 0.330 e. The number of ether oxygens (including phenoxy) is 1. The SMILES string of the molecule is CCCCN1C(=O)C(O)(OC)C(=O)N(CCCC)C1=S. The summed E-state index contributed by atoms with van der Waals surface area (Å²) in [6.07, 6.45) is 3.23. The second kappa shape index (κ2) is 7.10. The Morgan fingerprint density at radius 1 is 1.10 bits per heavy atom. The summed E-state index contributed by atoms with van der Waals surface area (Å²) in [5, 5.41) is 10.4. The number of carbonyl (C=O) groups excluding carboxylic acids is 2. The molecule has 6 nitrogen and oxygen atoms in total. The molecule has 1 aliphatic heterocycles. The lowest BCUT2D eigenvalue weighted by atomic mass is 10.1. The van der Waals surface area contributed by atoms with Gasteiger partial charge in [-0.1, -0.05) is 26.7 Å². The molecule has 2 amide bonds. The van der Waals surface area contributed by atoms with Crippen molar-refractivity contribution in [2.75, 3.05) is 20.2 Å². The van der Waals surface area contributed by atoms with Crippen molar-refractivity contribution < 1.29 is 19.4 Å². The van der Waals surface area contributed by atoms with Crippen LogP contribution in [0.2, 0.25) is 0 Å². The van der Waals surface area contributed by atoms with Crippen LogP contribution in [0.25, 0.3) is 0 Å². The molecular formula is C13H22N2O4S. The lowest BCUT2D eigenvalue weighted by Gasteiger charge is -2.42. The molecule has 0 spiro atoms. The van der Waals surface area contributed by atoms with E-state index in [0.717, 1.165) is 32.8 Å². The van der Waals surface area contributed by atoms with Crippen molar-refractivity contribution in [1.29, 1.82) is 0 Å². The Kier molecular flexibility index (Phi) is 6.04. The molecule has 1 fully saturated rings. The van der Waals surface area contributed by atoms with Crippen molar-refractivity contribution in [2.45, 2.75) is 45.3 Å². The van der Waals surface area contributed by atoms with Gasteiger partial charge in [0.05, 0.1) is 0 Å². The number of carbonyl (C=O) groups is 2. The molecule has 1 N–H and O–H groups in total. The molecule has 0 atom stereocenters. The van der Waals surface area contributed by atoms with E-state index < -0.39 is 17.6 Å². The summed E-state index contributed by atoms with van der Waals surface area (Å²) in [6, 6.07) is 0. The maximum absolute atomic E-state index is 12.2. The Labute approximate surface area is 124 Å². The van der Waals surface area contributed by atoms with E-state index in [1.165, 1.54) is 9.80 Å². The fourth-order valence-corrected chi connectivity index (χ4v) is 2.33. The lowest BCUT2D eigenvalue weighted by molar-refractivity contribution is -0.215. The van der Waals surface area contributed by atoms with Crippen LogP contribution < -0.4 is 0 Å². The molecule has 114 valence electrons. The fraction of sp³-hybridized carbons (Fsp3) is 0.769. The first kappa shape index (κ1) is 17.0. The number of nitrogens with zero attached hydrogens (tertiary/aromatic N) is 2. The van der Waals surface area contributed by atoms with Gasteiger partial charge in [-0.2, -0.15) is 0 Å². The second-order valence-electron chi connectivity index (χ2n) is 4.75. The minimum absolute atomic E-state index is 0.156. The largest absolute Gasteiger partial charge is 0.351 e. The lowest BCUT2D eigenvalue weighted by Crippen LogP contribution is -2.69. The normalized spacial score (nSPS) is 18.9. The summed E-state index contributed by atoms with van der Waals surface area (Å²) in [5.74, 6) is -4.04. The van der Waals surface area contributed by atoms with Gasteiger partial charge in [0.25, 0.3) is 11.8 Å². The van der Waals surface area contributed by atoms with E-state index in [0.29, 0.717) is 13.1 Å². The predicted octanol–water partition coefficient (Wildman–Crippen LogP) is 0.877. The average molecular weight is 302 g/mol. The number of hydrogen-bond donors (Lipinski definition) is 1. The first-order valence-corrected chi connectivity index (χ1v) is 7.30. The topological polar surface area (TPSA) is 70.1 Å². The van der Waals surface area contributed by atoms with Gasteiger partial charge in [0, 0.05) is 20.2 Å². The smallest absolute Gasteiger partial charge is 0.330 e. The zero-order chi connectivity index (χ0) is 15.3. The molecule has 0 aromatic heterocycles. The molecular weight excluding hydrogens is 280 g/mol. The summed E-state index contributed by atoms with van der Waals surface area (Å²) in [5.41, 5.74) is 0. The molecule has 1 rings (SSSR count). The number of aliphatic hydroxyl groups is 1. The van der Waals surface area contributed by atoms with E-state index >= 15 is 0 Å². The highest BCUT2D eigenvalue weighted by Crippen LogP contribution is 2.23. The first-order chi connectivity index (χ1) is 9.43. The fourth-order valence-electron chi connectivity index (χ4n) is 1.98. The van der Waals surface area contributed by atoms with Gasteiger partial charge in [-0.15, -0.1) is 0 Å². The summed E-state index contributed by atoms with van der Waals surface area (Å²) >= 11 is 5.22. The van der Waals surface area contributed by atoms with Gasteiger partial charge in [0.1, 0.15) is 0 Å². The molecule has 0 aromatic carbocycles. The van der Waals surface area contributed by atoms with Crippen molar-refractivity contribution >= 4 is 29.1 Å². The van der Waals surface area contributed by atoms with E-state index in [1.54, 1.807) is 0 Å². The zero-order valence-electron chi connectivity index (χ0n) is 12.2. The van der Waals surface area contributed by atoms with Crippen LogP contribution in [0.15, 0.2) is 0 Å². The molecule has 0 aromatic rings. The Morgan fingerprint density at radius 3 is 1.80 bits per heavy atom. The van der Waals surface area contributed by atoms with Gasteiger partial charge in [-0.3, -0.25) is 19.4 Å². The quantitative estimate of drug-likeness (QED) is 0.429. The van der Waals surface area contributed by atoms with Crippen LogP contribution in [0.1, 0.15) is 39.5 Å². The Hall–Kier alpha value is -1.05. The molecule has 0 bridgehead atoms. The summed E-state index contributed by atoms with van der Waals surface area (Å²) in [7, 11) is 1.14. The van der Waals surface area contributed by atoms with Crippen molar-refractivity contribution in [1.82, 2.24) is 9.80 Å². The minimum Gasteiger partial charge on any atom is -0.351 e. The highest BCUT2D eigenvalue weighted by molar-refractivity contribution is 7.80. The van der Waals surface area contributed by atoms with Gasteiger partial charge in [0.15, 0.2) is 5.11 Å². The Bertz CT molecular complexity index is 370. The molecule has 1 heterocycles. The summed E-state index contributed by atoms with van der Waals surface area (Å²) < 4.78 is 4.79. The zero-order valence-corrected chi connectivity index (χ0v) is 13.0. The van der Waals surface area contributed by atoms with E-state index in [4.69, 9.17) is 17.0 Å². The highest BCUT2D eigenvalue weighted by Gasteiger charge is 2.55. The number of amides is 2. The van der Waals surface area contributed by atoms with Crippen molar-refractivity contribution in [3.63, 3.8) is 0 Å². The number of hydrogen-bond acceptors (Lipinski definition) is 5. The van der Waals surface area contributed by atoms with E-state index in [2.05, 4.69) is 0 Å². The number of thiocarbonyl (C=S) groups is 1. The molecule has 0 saturated carbocycles. The molecule has 1 aliphatic rings. The first-order valence-electron chi connectivity index (χ1n) is 6.89. The van der Waals surface area contributed by atoms with Crippen LogP contribution in [-0.2, 0) is 14.3 Å². The van der Waals surface area contributed by atoms with E-state index in [9.17, 15) is 14.7 Å². The Morgan fingerprint density at radius 2 is 1.50 bits per heavy atom. The number of unbranched alkanes of at least 4 members (excludes halogenated alkanes) is 2. The molecule has 0 unspecified atom stereocenters. The third-order valence-electron chi connectivity index (χ3n) is 3.30. The second-order valence-corrected chi connectivity index (χ2v) is 5.12. The molecule has 0 aliphatic carbocycles. The average Bonchev–Trinajstić information content (AvgIpc) is 2.45. The molecule has 0 radical (unpaired) electrons. The van der Waals surface area contributed by atoms with Gasteiger partial charge < -0.3 is 9.84 Å². The van der Waals surface area contributed by atoms with Crippen LogP contribution in [0, 0.1) is 0 Å². The van der Waals surface area contributed by atoms with Gasteiger partial charge in [-0.25, -0.2) is 0 Å². The summed E-state index contributed by atoms with van der Waals surface area (Å²) in [4.78, 5) is 27.0. The molecule has 7 heteroatoms. The minimum atomic E-state index is -2.45. The van der Waals surface area contributed by atoms with Crippen molar-refractivity contribution in [3.05, 3.63) is 0 Å². The van der Waals surface area contributed by atoms with Crippen LogP contribution >= 0.6 is 12.2 Å². The van der Waals surface area contributed by atoms with Gasteiger partial charge in [0.2, 0.25) is 0 Å². The third-order valence-corrected chi connectivity index (χ3v) is 3.74. The van der Waals surface area contributed by atoms with Crippen LogP contribution in [0.3, 0.4) is 0 Å². The van der Waals surface area contributed by atoms with Crippen LogP contribution in [0.4, 0.5) is 0 Å². The van der Waals surface area contributed by atoms with Gasteiger partial charge >= 0.3 is 5.79 Å². The monoisotopic (exact) mass is 302 g/mol. The molecule has 20 heavy (non-hydrogen) atoms. The van der Waals surface area contributed by atoms with Crippen LogP contribution in [-0.4, -0.2) is 57.8 Å². The Balaban J connectivity index is 3.05. The molecule has 1 saturated heterocycles. The number of methoxy groups -OCH3 is 1. The van der Waals surface area contributed by atoms with Gasteiger partial charge in [-0.05, 0) is 25.1 Å². The highest BCUT2D eigenvalue weighted by atomic mass is 32.1. The predicted molar refractivity (Wildman–Crippen MR) is 77.8 cm³/mol. The van der Waals surface area contributed by atoms with E-state index in [-0.39, 0.29) is 5.11 Å². The third kappa shape index (κ3) is 2.99. The summed E-state index contributed by atoms with van der Waals surface area (Å²) in [6.45, 7) is 4.71. The maximum atomic E-state index is 12.2. The van der Waals surface area contributed by atoms with Crippen LogP contribution in [0.5, 0.6) is 0 Å².